The lowest BCUT2D eigenvalue weighted by atomic mass is 10.2. The zero-order valence-electron chi connectivity index (χ0n) is 17.8. The van der Waals surface area contributed by atoms with Crippen LogP contribution in [-0.4, -0.2) is 39.0 Å². The molecule has 1 unspecified atom stereocenters. The quantitative estimate of drug-likeness (QED) is 0.407. The second-order valence-electron chi connectivity index (χ2n) is 7.16. The Morgan fingerprint density at radius 1 is 1.12 bits per heavy atom. The van der Waals surface area contributed by atoms with Crippen LogP contribution in [0.5, 0.6) is 0 Å². The van der Waals surface area contributed by atoms with Crippen LogP contribution in [0.1, 0.15) is 31.1 Å². The van der Waals surface area contributed by atoms with Crippen molar-refractivity contribution in [3.05, 3.63) is 70.7 Å². The number of amides is 1. The molecular weight excluding hydrogens is 475 g/mol. The molecule has 0 radical (unpaired) electrons. The first-order chi connectivity index (χ1) is 15.0. The third-order valence-corrected chi connectivity index (χ3v) is 6.76. The van der Waals surface area contributed by atoms with Crippen LogP contribution in [0.25, 0.3) is 0 Å². The zero-order chi connectivity index (χ0) is 24.1. The summed E-state index contributed by atoms with van der Waals surface area (Å²) in [6, 6.07) is 9.82. The van der Waals surface area contributed by atoms with Crippen molar-refractivity contribution in [1.29, 1.82) is 0 Å². The molecule has 0 spiro atoms. The van der Waals surface area contributed by atoms with Gasteiger partial charge in [-0.15, -0.1) is 6.58 Å². The summed E-state index contributed by atoms with van der Waals surface area (Å²) in [5, 5.41) is 3.01. The summed E-state index contributed by atoms with van der Waals surface area (Å²) < 4.78 is 33.1. The second-order valence-corrected chi connectivity index (χ2v) is 9.83. The third kappa shape index (κ3) is 6.25. The molecule has 2 aromatic rings. The first-order valence-corrected chi connectivity index (χ1v) is 11.9. The van der Waals surface area contributed by atoms with Crippen LogP contribution >= 0.6 is 23.2 Å². The fourth-order valence-corrected chi connectivity index (χ4v) is 4.76. The number of hydrogen-bond acceptors (Lipinski definition) is 5. The van der Waals surface area contributed by atoms with E-state index in [-0.39, 0.29) is 28.1 Å². The summed E-state index contributed by atoms with van der Waals surface area (Å²) in [7, 11) is -4.18. The van der Waals surface area contributed by atoms with Crippen LogP contribution in [-0.2, 0) is 19.6 Å². The van der Waals surface area contributed by atoms with Gasteiger partial charge < -0.3 is 10.1 Å². The summed E-state index contributed by atoms with van der Waals surface area (Å²) in [6.07, 6.45) is 0.361. The topological polar surface area (TPSA) is 92.8 Å². The molecule has 0 fully saturated rings. The maximum absolute atomic E-state index is 13.4. The van der Waals surface area contributed by atoms with Crippen LogP contribution in [0.2, 0.25) is 10.0 Å². The number of benzene rings is 2. The summed E-state index contributed by atoms with van der Waals surface area (Å²) in [5.41, 5.74) is 0.282. The highest BCUT2D eigenvalue weighted by Gasteiger charge is 2.28. The van der Waals surface area contributed by atoms with E-state index in [0.717, 1.165) is 10.4 Å². The van der Waals surface area contributed by atoms with Gasteiger partial charge in [-0.25, -0.2) is 13.2 Å². The highest BCUT2D eigenvalue weighted by Crippen LogP contribution is 2.30. The second kappa shape index (κ2) is 10.8. The Morgan fingerprint density at radius 2 is 1.75 bits per heavy atom. The molecule has 0 saturated carbocycles. The minimum atomic E-state index is -4.18. The van der Waals surface area contributed by atoms with Crippen LogP contribution in [0.4, 0.5) is 5.69 Å². The molecule has 0 saturated heterocycles. The van der Waals surface area contributed by atoms with Crippen LogP contribution in [0.15, 0.2) is 60.0 Å². The monoisotopic (exact) mass is 498 g/mol. The minimum Gasteiger partial charge on any atom is -0.449 e. The molecule has 0 heterocycles. The lowest BCUT2D eigenvalue weighted by molar-refractivity contribution is -0.129. The number of anilines is 1. The normalized spacial score (nSPS) is 12.2. The molecule has 2 aromatic carbocycles. The molecule has 32 heavy (non-hydrogen) atoms. The molecule has 0 aliphatic rings. The maximum atomic E-state index is 13.4. The molecular formula is C22H24Cl2N2O5S. The van der Waals surface area contributed by atoms with Gasteiger partial charge in [0.15, 0.2) is 6.10 Å². The van der Waals surface area contributed by atoms with E-state index in [1.54, 1.807) is 38.1 Å². The van der Waals surface area contributed by atoms with Crippen LogP contribution in [0.3, 0.4) is 0 Å². The molecule has 10 heteroatoms. The molecule has 1 amide bonds. The largest absolute Gasteiger partial charge is 0.449 e. The smallest absolute Gasteiger partial charge is 0.338 e. The number of carbonyl (C=O) groups excluding carboxylic acids is 2. The lowest BCUT2D eigenvalue weighted by Gasteiger charge is -2.24. The number of rotatable bonds is 9. The Labute approximate surface area is 198 Å². The highest BCUT2D eigenvalue weighted by molar-refractivity contribution is 7.93. The zero-order valence-corrected chi connectivity index (χ0v) is 20.2. The Balaban J connectivity index is 2.39. The van der Waals surface area contributed by atoms with Crippen molar-refractivity contribution in [2.24, 2.45) is 0 Å². The number of ether oxygens (including phenoxy) is 1. The minimum absolute atomic E-state index is 0.0403. The Hall–Kier alpha value is -2.55. The van der Waals surface area contributed by atoms with Crippen LogP contribution in [0, 0.1) is 0 Å². The SMILES string of the molecule is C=CCN(c1ccc(Cl)cc1)S(=O)(=O)c1cc(C(=O)OC(C)C(=O)NC(C)C)ccc1Cl. The maximum Gasteiger partial charge on any atom is 0.338 e. The standard InChI is InChI=1S/C22H24Cl2N2O5S/c1-5-12-26(18-9-7-17(23)8-10-18)32(29,30)20-13-16(6-11-19(20)24)22(28)31-15(4)21(27)25-14(2)3/h5-11,13-15H,1,12H2,2-4H3,(H,25,27). The van der Waals surface area contributed by atoms with E-state index < -0.39 is 28.0 Å². The number of nitrogens with one attached hydrogen (secondary N) is 1. The van der Waals surface area contributed by atoms with E-state index in [9.17, 15) is 18.0 Å². The molecule has 0 aliphatic carbocycles. The van der Waals surface area contributed by atoms with Gasteiger partial charge in [-0.3, -0.25) is 9.10 Å². The van der Waals surface area contributed by atoms with Gasteiger partial charge in [-0.2, -0.15) is 0 Å². The van der Waals surface area contributed by atoms with Gasteiger partial charge in [-0.05, 0) is 63.2 Å². The molecule has 0 bridgehead atoms. The number of hydrogen-bond donors (Lipinski definition) is 1. The van der Waals surface area contributed by atoms with E-state index in [4.69, 9.17) is 27.9 Å². The molecule has 2 rings (SSSR count). The van der Waals surface area contributed by atoms with E-state index >= 15 is 0 Å². The summed E-state index contributed by atoms with van der Waals surface area (Å²) >= 11 is 12.1. The number of carbonyl (C=O) groups is 2. The molecule has 7 nitrogen and oxygen atoms in total. The summed E-state index contributed by atoms with van der Waals surface area (Å²) in [5.74, 6) is -1.32. The Kier molecular flexibility index (Phi) is 8.72. The van der Waals surface area contributed by atoms with Gasteiger partial charge in [0.1, 0.15) is 4.90 Å². The van der Waals surface area contributed by atoms with Crippen molar-refractivity contribution in [2.75, 3.05) is 10.8 Å². The van der Waals surface area contributed by atoms with Crippen molar-refractivity contribution in [3.63, 3.8) is 0 Å². The van der Waals surface area contributed by atoms with Gasteiger partial charge >= 0.3 is 5.97 Å². The van der Waals surface area contributed by atoms with E-state index in [1.165, 1.54) is 25.1 Å². The number of esters is 1. The van der Waals surface area contributed by atoms with Gasteiger partial charge in [0.05, 0.1) is 22.8 Å². The van der Waals surface area contributed by atoms with Crippen molar-refractivity contribution in [2.45, 2.75) is 37.8 Å². The highest BCUT2D eigenvalue weighted by atomic mass is 35.5. The van der Waals surface area contributed by atoms with Gasteiger partial charge in [0.2, 0.25) is 0 Å². The average molecular weight is 499 g/mol. The molecule has 1 N–H and O–H groups in total. The predicted octanol–water partition coefficient (Wildman–Crippen LogP) is 4.44. The van der Waals surface area contributed by atoms with E-state index in [0.29, 0.717) is 10.7 Å². The Bertz CT molecular complexity index is 1100. The molecule has 1 atom stereocenters. The van der Waals surface area contributed by atoms with Gasteiger partial charge in [0.25, 0.3) is 15.9 Å². The van der Waals surface area contributed by atoms with Crippen molar-refractivity contribution < 1.29 is 22.7 Å². The third-order valence-electron chi connectivity index (χ3n) is 4.23. The summed E-state index contributed by atoms with van der Waals surface area (Å²) in [6.45, 7) is 8.55. The predicted molar refractivity (Wildman–Crippen MR) is 126 cm³/mol. The fourth-order valence-electron chi connectivity index (χ4n) is 2.70. The first-order valence-electron chi connectivity index (χ1n) is 9.67. The van der Waals surface area contributed by atoms with Crippen LogP contribution < -0.4 is 9.62 Å². The summed E-state index contributed by atoms with van der Waals surface area (Å²) in [4.78, 5) is 24.3. The number of halogens is 2. The number of nitrogens with zero attached hydrogens (tertiary/aromatic N) is 1. The average Bonchev–Trinajstić information content (AvgIpc) is 2.72. The lowest BCUT2D eigenvalue weighted by Crippen LogP contribution is -2.39. The van der Waals surface area contributed by atoms with Crippen molar-refractivity contribution >= 4 is 50.8 Å². The number of sulfonamides is 1. The molecule has 0 aromatic heterocycles. The Morgan fingerprint density at radius 3 is 2.31 bits per heavy atom. The molecule has 0 aliphatic heterocycles. The first kappa shape index (κ1) is 25.7. The van der Waals surface area contributed by atoms with Crippen molar-refractivity contribution in [1.82, 2.24) is 5.32 Å². The van der Waals surface area contributed by atoms with Crippen molar-refractivity contribution in [3.8, 4) is 0 Å². The fraction of sp³-hybridized carbons (Fsp3) is 0.273. The molecule has 172 valence electrons. The van der Waals surface area contributed by atoms with Gasteiger partial charge in [0, 0.05) is 11.1 Å². The van der Waals surface area contributed by atoms with E-state index in [1.807, 2.05) is 0 Å². The van der Waals surface area contributed by atoms with Gasteiger partial charge in [-0.1, -0.05) is 29.3 Å². The van der Waals surface area contributed by atoms with E-state index in [2.05, 4.69) is 11.9 Å².